The van der Waals surface area contributed by atoms with Crippen molar-refractivity contribution in [3.8, 4) is 16.9 Å². The Hall–Kier alpha value is -1.94. The molecule has 1 N–H and O–H groups in total. The summed E-state index contributed by atoms with van der Waals surface area (Å²) in [4.78, 5) is 0. The molecule has 21 heavy (non-hydrogen) atoms. The van der Waals surface area contributed by atoms with Gasteiger partial charge < -0.3 is 10.1 Å². The Morgan fingerprint density at radius 3 is 2.62 bits per heavy atom. The highest BCUT2D eigenvalue weighted by Gasteiger charge is 2.14. The van der Waals surface area contributed by atoms with Gasteiger partial charge in [-0.25, -0.2) is 8.78 Å². The molecular formula is C17H19F2NO. The van der Waals surface area contributed by atoms with Gasteiger partial charge in [0, 0.05) is 12.1 Å². The molecule has 0 bridgehead atoms. The molecule has 0 radical (unpaired) electrons. The summed E-state index contributed by atoms with van der Waals surface area (Å²) >= 11 is 0. The van der Waals surface area contributed by atoms with Crippen molar-refractivity contribution in [2.45, 2.75) is 19.9 Å². The van der Waals surface area contributed by atoms with Crippen molar-refractivity contribution in [2.75, 3.05) is 13.7 Å². The Morgan fingerprint density at radius 1 is 1.10 bits per heavy atom. The molecule has 2 aromatic carbocycles. The molecule has 0 aromatic heterocycles. The predicted octanol–water partition coefficient (Wildman–Crippen LogP) is 4.14. The largest absolute Gasteiger partial charge is 0.494 e. The van der Waals surface area contributed by atoms with Crippen LogP contribution in [-0.4, -0.2) is 13.7 Å². The molecule has 0 atom stereocenters. The van der Waals surface area contributed by atoms with E-state index in [1.54, 1.807) is 24.3 Å². The fourth-order valence-corrected chi connectivity index (χ4v) is 2.23. The van der Waals surface area contributed by atoms with Crippen molar-refractivity contribution in [3.63, 3.8) is 0 Å². The van der Waals surface area contributed by atoms with E-state index < -0.39 is 5.82 Å². The second-order valence-corrected chi connectivity index (χ2v) is 4.80. The van der Waals surface area contributed by atoms with Gasteiger partial charge in [0.15, 0.2) is 11.6 Å². The number of ether oxygens (including phenoxy) is 1. The summed E-state index contributed by atoms with van der Waals surface area (Å²) in [7, 11) is 1.41. The molecule has 0 saturated carbocycles. The molecule has 0 spiro atoms. The minimum atomic E-state index is -0.470. The molecule has 2 aromatic rings. The zero-order valence-corrected chi connectivity index (χ0v) is 12.2. The van der Waals surface area contributed by atoms with E-state index in [1.165, 1.54) is 19.2 Å². The second kappa shape index (κ2) is 7.18. The highest BCUT2D eigenvalue weighted by Crippen LogP contribution is 2.31. The number of hydrogen-bond donors (Lipinski definition) is 1. The highest BCUT2D eigenvalue weighted by molar-refractivity contribution is 5.69. The number of nitrogens with one attached hydrogen (secondary N) is 1. The monoisotopic (exact) mass is 291 g/mol. The SMILES string of the molecule is CCCNCc1ccc(F)cc1-c1cccc(OC)c1F. The average Bonchev–Trinajstić information content (AvgIpc) is 2.49. The smallest absolute Gasteiger partial charge is 0.172 e. The zero-order valence-electron chi connectivity index (χ0n) is 12.2. The van der Waals surface area contributed by atoms with Crippen LogP contribution in [0, 0.1) is 11.6 Å². The molecular weight excluding hydrogens is 272 g/mol. The van der Waals surface area contributed by atoms with Crippen LogP contribution in [0.25, 0.3) is 11.1 Å². The van der Waals surface area contributed by atoms with Crippen molar-refractivity contribution >= 4 is 0 Å². The van der Waals surface area contributed by atoms with E-state index in [9.17, 15) is 8.78 Å². The van der Waals surface area contributed by atoms with Crippen LogP contribution in [-0.2, 0) is 6.54 Å². The van der Waals surface area contributed by atoms with Crippen LogP contribution in [0.4, 0.5) is 8.78 Å². The summed E-state index contributed by atoms with van der Waals surface area (Å²) in [5.41, 5.74) is 1.76. The molecule has 0 aliphatic carbocycles. The highest BCUT2D eigenvalue weighted by atomic mass is 19.1. The van der Waals surface area contributed by atoms with Gasteiger partial charge in [-0.05, 0) is 42.3 Å². The van der Waals surface area contributed by atoms with E-state index in [0.717, 1.165) is 18.5 Å². The lowest BCUT2D eigenvalue weighted by molar-refractivity contribution is 0.387. The summed E-state index contributed by atoms with van der Waals surface area (Å²) < 4.78 is 32.9. The Balaban J connectivity index is 2.44. The summed E-state index contributed by atoms with van der Waals surface area (Å²) in [6, 6.07) is 9.33. The number of benzene rings is 2. The Bertz CT molecular complexity index is 614. The third-order valence-corrected chi connectivity index (χ3v) is 3.29. The van der Waals surface area contributed by atoms with Crippen molar-refractivity contribution in [2.24, 2.45) is 0 Å². The maximum Gasteiger partial charge on any atom is 0.172 e. The van der Waals surface area contributed by atoms with Crippen molar-refractivity contribution in [3.05, 3.63) is 53.6 Å². The van der Waals surface area contributed by atoms with Crippen LogP contribution in [0.1, 0.15) is 18.9 Å². The van der Waals surface area contributed by atoms with E-state index in [0.29, 0.717) is 17.7 Å². The van der Waals surface area contributed by atoms with Gasteiger partial charge in [0.25, 0.3) is 0 Å². The van der Waals surface area contributed by atoms with Gasteiger partial charge in [0.2, 0.25) is 0 Å². The number of halogens is 2. The first-order valence-electron chi connectivity index (χ1n) is 6.99. The molecule has 0 amide bonds. The molecule has 0 fully saturated rings. The minimum absolute atomic E-state index is 0.157. The Kier molecular flexibility index (Phi) is 5.28. The van der Waals surface area contributed by atoms with Gasteiger partial charge >= 0.3 is 0 Å². The van der Waals surface area contributed by atoms with Gasteiger partial charge in [-0.1, -0.05) is 25.1 Å². The lowest BCUT2D eigenvalue weighted by Crippen LogP contribution is -2.14. The van der Waals surface area contributed by atoms with Crippen molar-refractivity contribution < 1.29 is 13.5 Å². The van der Waals surface area contributed by atoms with Crippen LogP contribution < -0.4 is 10.1 Å². The van der Waals surface area contributed by atoms with E-state index in [2.05, 4.69) is 12.2 Å². The van der Waals surface area contributed by atoms with E-state index in [4.69, 9.17) is 4.74 Å². The van der Waals surface area contributed by atoms with Crippen LogP contribution >= 0.6 is 0 Å². The van der Waals surface area contributed by atoms with E-state index in [-0.39, 0.29) is 11.6 Å². The maximum atomic E-state index is 14.4. The van der Waals surface area contributed by atoms with Crippen LogP contribution in [0.15, 0.2) is 36.4 Å². The predicted molar refractivity (Wildman–Crippen MR) is 80.3 cm³/mol. The second-order valence-electron chi connectivity index (χ2n) is 4.80. The number of hydrogen-bond acceptors (Lipinski definition) is 2. The normalized spacial score (nSPS) is 10.7. The van der Waals surface area contributed by atoms with E-state index >= 15 is 0 Å². The maximum absolute atomic E-state index is 14.4. The van der Waals surface area contributed by atoms with Crippen molar-refractivity contribution in [1.82, 2.24) is 5.32 Å². The van der Waals surface area contributed by atoms with Crippen LogP contribution in [0.2, 0.25) is 0 Å². The third-order valence-electron chi connectivity index (χ3n) is 3.29. The summed E-state index contributed by atoms with van der Waals surface area (Å²) in [6.45, 7) is 3.50. The minimum Gasteiger partial charge on any atom is -0.494 e. The fraction of sp³-hybridized carbons (Fsp3) is 0.294. The summed E-state index contributed by atoms with van der Waals surface area (Å²) in [5.74, 6) is -0.696. The fourth-order valence-electron chi connectivity index (χ4n) is 2.23. The first kappa shape index (κ1) is 15.4. The molecule has 0 aliphatic rings. The summed E-state index contributed by atoms with van der Waals surface area (Å²) in [5, 5.41) is 3.25. The molecule has 4 heteroatoms. The molecule has 0 unspecified atom stereocenters. The lowest BCUT2D eigenvalue weighted by Gasteiger charge is -2.13. The number of rotatable bonds is 6. The van der Waals surface area contributed by atoms with Crippen LogP contribution in [0.5, 0.6) is 5.75 Å². The lowest BCUT2D eigenvalue weighted by atomic mass is 9.98. The van der Waals surface area contributed by atoms with E-state index in [1.807, 2.05) is 0 Å². The molecule has 0 heterocycles. The van der Waals surface area contributed by atoms with Gasteiger partial charge in [-0.2, -0.15) is 0 Å². The molecule has 0 saturated heterocycles. The standard InChI is InChI=1S/C17H19F2NO/c1-3-9-20-11-12-7-8-13(18)10-15(12)14-5-4-6-16(21-2)17(14)19/h4-8,10,20H,3,9,11H2,1-2H3. The third kappa shape index (κ3) is 3.58. The van der Waals surface area contributed by atoms with Gasteiger partial charge in [-0.15, -0.1) is 0 Å². The molecule has 2 nitrogen and oxygen atoms in total. The Labute approximate surface area is 123 Å². The number of methoxy groups -OCH3 is 1. The van der Waals surface area contributed by atoms with Crippen LogP contribution in [0.3, 0.4) is 0 Å². The molecule has 2 rings (SSSR count). The molecule has 0 aliphatic heterocycles. The molecule has 112 valence electrons. The first-order chi connectivity index (χ1) is 10.2. The quantitative estimate of drug-likeness (QED) is 0.808. The first-order valence-corrected chi connectivity index (χ1v) is 6.99. The van der Waals surface area contributed by atoms with Gasteiger partial charge in [0.05, 0.1) is 7.11 Å². The van der Waals surface area contributed by atoms with Gasteiger partial charge in [-0.3, -0.25) is 0 Å². The zero-order chi connectivity index (χ0) is 15.2. The summed E-state index contributed by atoms with van der Waals surface area (Å²) in [6.07, 6.45) is 1.00. The Morgan fingerprint density at radius 2 is 1.90 bits per heavy atom. The topological polar surface area (TPSA) is 21.3 Å². The van der Waals surface area contributed by atoms with Crippen molar-refractivity contribution in [1.29, 1.82) is 0 Å². The van der Waals surface area contributed by atoms with Gasteiger partial charge in [0.1, 0.15) is 5.82 Å². The average molecular weight is 291 g/mol.